The lowest BCUT2D eigenvalue weighted by Gasteiger charge is -2.57. The number of sulfone groups is 1. The molecule has 20 heavy (non-hydrogen) atoms. The maximum absolute atomic E-state index is 11.8. The Labute approximate surface area is 120 Å². The predicted molar refractivity (Wildman–Crippen MR) is 75.4 cm³/mol. The second-order valence-electron chi connectivity index (χ2n) is 7.40. The first-order chi connectivity index (χ1) is 9.07. The summed E-state index contributed by atoms with van der Waals surface area (Å²) >= 11 is 0. The van der Waals surface area contributed by atoms with Crippen molar-refractivity contribution in [1.29, 1.82) is 0 Å². The van der Waals surface area contributed by atoms with Gasteiger partial charge in [0, 0.05) is 6.26 Å². The predicted octanol–water partition coefficient (Wildman–Crippen LogP) is 1.85. The molecule has 0 aliphatic heterocycles. The van der Waals surface area contributed by atoms with Crippen molar-refractivity contribution >= 4 is 20.0 Å². The van der Waals surface area contributed by atoms with E-state index in [1.54, 1.807) is 0 Å². The van der Waals surface area contributed by atoms with E-state index < -0.39 is 24.5 Å². The van der Waals surface area contributed by atoms with E-state index in [4.69, 9.17) is 0 Å². The van der Waals surface area contributed by atoms with Gasteiger partial charge in [-0.1, -0.05) is 0 Å². The molecule has 4 bridgehead atoms. The zero-order valence-electron chi connectivity index (χ0n) is 11.7. The molecule has 116 valence electrons. The highest BCUT2D eigenvalue weighted by Crippen LogP contribution is 2.62. The quantitative estimate of drug-likeness (QED) is 0.798. The van der Waals surface area contributed by atoms with E-state index >= 15 is 0 Å². The van der Waals surface area contributed by atoms with Gasteiger partial charge in [-0.15, -0.1) is 0 Å². The molecule has 0 aromatic rings. The molecule has 0 amide bonds. The Morgan fingerprint density at radius 3 is 1.70 bits per heavy atom. The van der Waals surface area contributed by atoms with E-state index in [1.807, 2.05) is 0 Å². The van der Waals surface area contributed by atoms with Gasteiger partial charge in [-0.05, 0) is 68.1 Å². The third-order valence-corrected chi connectivity index (χ3v) is 9.31. The van der Waals surface area contributed by atoms with E-state index in [1.165, 1.54) is 19.3 Å². The van der Waals surface area contributed by atoms with Crippen LogP contribution in [0.1, 0.15) is 44.9 Å². The summed E-state index contributed by atoms with van der Waals surface area (Å²) in [6.07, 6.45) is 7.43. The third-order valence-electron chi connectivity index (χ3n) is 5.57. The van der Waals surface area contributed by atoms with Crippen LogP contribution in [-0.4, -0.2) is 32.2 Å². The first kappa shape index (κ1) is 14.8. The average molecular weight is 322 g/mol. The molecule has 1 N–H and O–H groups in total. The van der Waals surface area contributed by atoms with E-state index in [-0.39, 0.29) is 11.8 Å². The first-order valence-electron chi connectivity index (χ1n) is 7.23. The molecular formula is C13H22O5S2. The van der Waals surface area contributed by atoms with Gasteiger partial charge in [0.2, 0.25) is 0 Å². The van der Waals surface area contributed by atoms with Crippen molar-refractivity contribution < 1.29 is 21.4 Å². The van der Waals surface area contributed by atoms with Crippen LogP contribution in [0.2, 0.25) is 0 Å². The van der Waals surface area contributed by atoms with Crippen LogP contribution in [0, 0.1) is 23.2 Å². The summed E-state index contributed by atoms with van der Waals surface area (Å²) in [7, 11) is -8.36. The van der Waals surface area contributed by atoms with E-state index in [9.17, 15) is 21.4 Å². The van der Waals surface area contributed by atoms with Gasteiger partial charge in [-0.2, -0.15) is 8.42 Å². The van der Waals surface area contributed by atoms with Crippen LogP contribution in [-0.2, 0) is 20.0 Å². The van der Waals surface area contributed by atoms with Crippen LogP contribution >= 0.6 is 0 Å². The fourth-order valence-corrected chi connectivity index (χ4v) is 8.36. The Morgan fingerprint density at radius 1 is 1.00 bits per heavy atom. The minimum atomic E-state index is -4.55. The van der Waals surface area contributed by atoms with Crippen LogP contribution in [0.25, 0.3) is 0 Å². The maximum Gasteiger partial charge on any atom is 0.282 e. The summed E-state index contributed by atoms with van der Waals surface area (Å²) in [5, 5.41) is 0. The molecule has 4 saturated carbocycles. The average Bonchev–Trinajstić information content (AvgIpc) is 2.21. The van der Waals surface area contributed by atoms with Crippen molar-refractivity contribution in [1.82, 2.24) is 0 Å². The van der Waals surface area contributed by atoms with Gasteiger partial charge in [-0.3, -0.25) is 4.55 Å². The molecule has 1 atom stereocenters. The molecule has 0 aromatic carbocycles. The molecule has 4 aliphatic carbocycles. The van der Waals surface area contributed by atoms with Crippen molar-refractivity contribution in [2.75, 3.05) is 6.26 Å². The SMILES string of the molecule is CS(=O)(=O)C(CC12CC3CC(CC(C3)C1)C2)S(=O)(=O)O. The van der Waals surface area contributed by atoms with Crippen LogP contribution in [0.4, 0.5) is 0 Å². The molecule has 5 nitrogen and oxygen atoms in total. The van der Waals surface area contributed by atoms with Gasteiger partial charge < -0.3 is 0 Å². The molecule has 0 spiro atoms. The first-order valence-corrected chi connectivity index (χ1v) is 10.7. The van der Waals surface area contributed by atoms with Crippen LogP contribution in [0.15, 0.2) is 0 Å². The topological polar surface area (TPSA) is 88.5 Å². The minimum Gasteiger partial charge on any atom is -0.285 e. The lowest BCUT2D eigenvalue weighted by atomic mass is 9.49. The molecule has 4 fully saturated rings. The van der Waals surface area contributed by atoms with Crippen molar-refractivity contribution in [3.63, 3.8) is 0 Å². The Morgan fingerprint density at radius 2 is 1.40 bits per heavy atom. The fourth-order valence-electron chi connectivity index (χ4n) is 5.37. The second-order valence-corrected chi connectivity index (χ2v) is 11.5. The van der Waals surface area contributed by atoms with Gasteiger partial charge in [0.1, 0.15) is 0 Å². The Bertz CT molecular complexity index is 537. The van der Waals surface area contributed by atoms with Crippen LogP contribution in [0.5, 0.6) is 0 Å². The van der Waals surface area contributed by atoms with Crippen LogP contribution in [0.3, 0.4) is 0 Å². The molecule has 1 unspecified atom stereocenters. The lowest BCUT2D eigenvalue weighted by Crippen LogP contribution is -2.49. The largest absolute Gasteiger partial charge is 0.285 e. The van der Waals surface area contributed by atoms with E-state index in [0.717, 1.165) is 25.5 Å². The Kier molecular flexibility index (Phi) is 3.27. The molecule has 0 heterocycles. The van der Waals surface area contributed by atoms with Crippen molar-refractivity contribution in [3.05, 3.63) is 0 Å². The summed E-state index contributed by atoms with van der Waals surface area (Å²) in [6.45, 7) is 0. The summed E-state index contributed by atoms with van der Waals surface area (Å²) < 4.78 is 54.1. The Hall–Kier alpha value is -0.140. The summed E-state index contributed by atoms with van der Waals surface area (Å²) in [5.74, 6) is 1.88. The highest BCUT2D eigenvalue weighted by Gasteiger charge is 2.53. The summed E-state index contributed by atoms with van der Waals surface area (Å²) in [5.41, 5.74) is -0.182. The lowest BCUT2D eigenvalue weighted by molar-refractivity contribution is -0.0554. The molecule has 4 rings (SSSR count). The normalized spacial score (nSPS) is 41.8. The van der Waals surface area contributed by atoms with Gasteiger partial charge in [0.25, 0.3) is 10.1 Å². The van der Waals surface area contributed by atoms with Gasteiger partial charge >= 0.3 is 0 Å². The van der Waals surface area contributed by atoms with Crippen LogP contribution < -0.4 is 0 Å². The highest BCUT2D eigenvalue weighted by atomic mass is 32.3. The fraction of sp³-hybridized carbons (Fsp3) is 1.00. The second kappa shape index (κ2) is 4.43. The summed E-state index contributed by atoms with van der Waals surface area (Å²) in [4.78, 5) is 0. The van der Waals surface area contributed by atoms with Crippen molar-refractivity contribution in [2.45, 2.75) is 49.5 Å². The number of hydrogen-bond donors (Lipinski definition) is 1. The van der Waals surface area contributed by atoms with Crippen molar-refractivity contribution in [2.24, 2.45) is 23.2 Å². The van der Waals surface area contributed by atoms with E-state index in [0.29, 0.717) is 17.8 Å². The molecule has 0 radical (unpaired) electrons. The highest BCUT2D eigenvalue weighted by molar-refractivity contribution is 8.06. The van der Waals surface area contributed by atoms with Crippen molar-refractivity contribution in [3.8, 4) is 0 Å². The smallest absolute Gasteiger partial charge is 0.282 e. The molecule has 7 heteroatoms. The number of hydrogen-bond acceptors (Lipinski definition) is 4. The molecule has 4 aliphatic rings. The minimum absolute atomic E-state index is 0.0775. The van der Waals surface area contributed by atoms with Gasteiger partial charge in [-0.25, -0.2) is 8.42 Å². The molecule has 0 aromatic heterocycles. The standard InChI is InChI=1S/C13H22O5S2/c1-19(14,15)12(20(16,17)18)8-13-5-9-2-10(6-13)4-11(3-9)7-13/h9-12H,2-8H2,1H3,(H,16,17,18). The molecule has 0 saturated heterocycles. The zero-order chi connectivity index (χ0) is 14.8. The van der Waals surface area contributed by atoms with E-state index in [2.05, 4.69) is 0 Å². The zero-order valence-corrected chi connectivity index (χ0v) is 13.3. The maximum atomic E-state index is 11.8. The monoisotopic (exact) mass is 322 g/mol. The molecular weight excluding hydrogens is 300 g/mol. The van der Waals surface area contributed by atoms with Gasteiger partial charge in [0.15, 0.2) is 14.4 Å². The Balaban J connectivity index is 1.89. The summed E-state index contributed by atoms with van der Waals surface area (Å²) in [6, 6.07) is 0. The van der Waals surface area contributed by atoms with Gasteiger partial charge in [0.05, 0.1) is 0 Å². The number of rotatable bonds is 4. The third kappa shape index (κ3) is 2.64.